The third kappa shape index (κ3) is 4.28. The second kappa shape index (κ2) is 7.93. The lowest BCUT2D eigenvalue weighted by molar-refractivity contribution is -0.137. The van der Waals surface area contributed by atoms with E-state index in [1.54, 1.807) is 0 Å². The van der Waals surface area contributed by atoms with Gasteiger partial charge in [-0.25, -0.2) is 9.97 Å². The normalized spacial score (nSPS) is 11.3. The molecule has 0 saturated carbocycles. The lowest BCUT2D eigenvalue weighted by Gasteiger charge is -2.15. The van der Waals surface area contributed by atoms with Gasteiger partial charge in [-0.05, 0) is 36.2 Å². The lowest BCUT2D eigenvalue weighted by atomic mass is 10.1. The van der Waals surface area contributed by atoms with Crippen molar-refractivity contribution in [2.45, 2.75) is 19.5 Å². The van der Waals surface area contributed by atoms with Gasteiger partial charge in [-0.2, -0.15) is 13.2 Å². The summed E-state index contributed by atoms with van der Waals surface area (Å²) in [6.07, 6.45) is -2.48. The van der Waals surface area contributed by atoms with Crippen molar-refractivity contribution in [1.82, 2.24) is 9.97 Å². The first kappa shape index (κ1) is 19.8. The first-order valence-electron chi connectivity index (χ1n) is 8.38. The average Bonchev–Trinajstić information content (AvgIpc) is 2.66. The monoisotopic (exact) mass is 407 g/mol. The second-order valence-electron chi connectivity index (χ2n) is 5.94. The molecule has 3 rings (SSSR count). The Morgan fingerprint density at radius 3 is 2.39 bits per heavy atom. The molecule has 0 fully saturated rings. The summed E-state index contributed by atoms with van der Waals surface area (Å²) in [5.41, 5.74) is 7.43. The molecule has 0 spiro atoms. The number of nitrogens with one attached hydrogen (secondary N) is 2. The zero-order valence-corrected chi connectivity index (χ0v) is 15.6. The molecule has 0 aliphatic rings. The van der Waals surface area contributed by atoms with Crippen LogP contribution < -0.4 is 16.4 Å². The number of halogens is 4. The van der Waals surface area contributed by atoms with Crippen LogP contribution in [-0.2, 0) is 12.6 Å². The fourth-order valence-corrected chi connectivity index (χ4v) is 2.85. The van der Waals surface area contributed by atoms with E-state index < -0.39 is 11.7 Å². The summed E-state index contributed by atoms with van der Waals surface area (Å²) in [6, 6.07) is 11.2. The molecule has 1 heterocycles. The standard InChI is InChI=1S/C19H17ClF3N5/c1-2-11-5-3-4-6-15(11)28-18-16(24)17(25-10-26-18)27-12-7-8-14(20)13(9-12)19(21,22)23/h3-10H,2,24H2,1H3,(H2,25,26,27,28). The largest absolute Gasteiger partial charge is 0.417 e. The molecule has 5 nitrogen and oxygen atoms in total. The van der Waals surface area contributed by atoms with Crippen molar-refractivity contribution < 1.29 is 13.2 Å². The Morgan fingerprint density at radius 2 is 1.71 bits per heavy atom. The van der Waals surface area contributed by atoms with Crippen LogP contribution in [-0.4, -0.2) is 9.97 Å². The number of nitrogens with zero attached hydrogens (tertiary/aromatic N) is 2. The fourth-order valence-electron chi connectivity index (χ4n) is 2.63. The topological polar surface area (TPSA) is 75.9 Å². The molecule has 9 heteroatoms. The van der Waals surface area contributed by atoms with Crippen molar-refractivity contribution in [3.05, 3.63) is 64.9 Å². The Morgan fingerprint density at radius 1 is 1.04 bits per heavy atom. The van der Waals surface area contributed by atoms with Gasteiger partial charge in [0.05, 0.1) is 10.6 Å². The first-order valence-corrected chi connectivity index (χ1v) is 8.76. The summed E-state index contributed by atoms with van der Waals surface area (Å²) in [7, 11) is 0. The van der Waals surface area contributed by atoms with Crippen LogP contribution in [0.25, 0.3) is 0 Å². The van der Waals surface area contributed by atoms with Crippen LogP contribution >= 0.6 is 11.6 Å². The maximum Gasteiger partial charge on any atom is 0.417 e. The maximum atomic E-state index is 13.1. The van der Waals surface area contributed by atoms with Gasteiger partial charge in [0.1, 0.15) is 12.0 Å². The number of nitrogens with two attached hydrogens (primary N) is 1. The number of nitrogen functional groups attached to an aromatic ring is 1. The highest BCUT2D eigenvalue weighted by molar-refractivity contribution is 6.31. The van der Waals surface area contributed by atoms with E-state index in [1.165, 1.54) is 18.5 Å². The first-order chi connectivity index (χ1) is 13.3. The van der Waals surface area contributed by atoms with Crippen molar-refractivity contribution in [3.63, 3.8) is 0 Å². The van der Waals surface area contributed by atoms with E-state index in [9.17, 15) is 13.2 Å². The predicted octanol–water partition coefficient (Wildman–Crippen LogP) is 5.78. The highest BCUT2D eigenvalue weighted by Crippen LogP contribution is 2.37. The van der Waals surface area contributed by atoms with Gasteiger partial charge in [-0.3, -0.25) is 0 Å². The Kier molecular flexibility index (Phi) is 5.60. The van der Waals surface area contributed by atoms with Crippen LogP contribution in [0.15, 0.2) is 48.8 Å². The van der Waals surface area contributed by atoms with E-state index >= 15 is 0 Å². The van der Waals surface area contributed by atoms with Gasteiger partial charge >= 0.3 is 6.18 Å². The molecule has 4 N–H and O–H groups in total. The van der Waals surface area contributed by atoms with Crippen LogP contribution in [0, 0.1) is 0 Å². The van der Waals surface area contributed by atoms with Gasteiger partial charge in [0.15, 0.2) is 11.6 Å². The molecule has 146 valence electrons. The van der Waals surface area contributed by atoms with E-state index in [0.717, 1.165) is 23.7 Å². The van der Waals surface area contributed by atoms with Gasteiger partial charge < -0.3 is 16.4 Å². The van der Waals surface area contributed by atoms with Gasteiger partial charge in [0.2, 0.25) is 0 Å². The molecule has 2 aromatic carbocycles. The van der Waals surface area contributed by atoms with Crippen LogP contribution in [0.2, 0.25) is 5.02 Å². The maximum absolute atomic E-state index is 13.1. The van der Waals surface area contributed by atoms with Crippen LogP contribution in [0.1, 0.15) is 18.1 Å². The number of aromatic nitrogens is 2. The molecule has 0 unspecified atom stereocenters. The molecular formula is C19H17ClF3N5. The Hall–Kier alpha value is -3.00. The van der Waals surface area contributed by atoms with Gasteiger partial charge in [0.25, 0.3) is 0 Å². The molecule has 28 heavy (non-hydrogen) atoms. The fraction of sp³-hybridized carbons (Fsp3) is 0.158. The van der Waals surface area contributed by atoms with E-state index in [0.29, 0.717) is 5.82 Å². The van der Waals surface area contributed by atoms with Gasteiger partial charge in [0, 0.05) is 11.4 Å². The third-order valence-corrected chi connectivity index (χ3v) is 4.40. The minimum atomic E-state index is -4.57. The van der Waals surface area contributed by atoms with Crippen LogP contribution in [0.3, 0.4) is 0 Å². The molecule has 0 amide bonds. The van der Waals surface area contributed by atoms with E-state index in [-0.39, 0.29) is 22.2 Å². The Balaban J connectivity index is 1.90. The van der Waals surface area contributed by atoms with Crippen molar-refractivity contribution in [3.8, 4) is 0 Å². The summed E-state index contributed by atoms with van der Waals surface area (Å²) in [6.45, 7) is 2.02. The van der Waals surface area contributed by atoms with Gasteiger partial charge in [-0.15, -0.1) is 0 Å². The van der Waals surface area contributed by atoms with Crippen molar-refractivity contribution >= 4 is 40.3 Å². The zero-order valence-electron chi connectivity index (χ0n) is 14.8. The van der Waals surface area contributed by atoms with E-state index in [1.807, 2.05) is 31.2 Å². The summed E-state index contributed by atoms with van der Waals surface area (Å²) in [4.78, 5) is 8.17. The van der Waals surface area contributed by atoms with E-state index in [4.69, 9.17) is 17.3 Å². The van der Waals surface area contributed by atoms with Gasteiger partial charge in [-0.1, -0.05) is 36.7 Å². The number of aryl methyl sites for hydroxylation is 1. The number of hydrogen-bond donors (Lipinski definition) is 3. The predicted molar refractivity (Wildman–Crippen MR) is 105 cm³/mol. The quantitative estimate of drug-likeness (QED) is 0.499. The molecule has 1 aromatic heterocycles. The number of para-hydroxylation sites is 1. The smallest absolute Gasteiger partial charge is 0.393 e. The molecule has 0 saturated heterocycles. The molecule has 0 atom stereocenters. The minimum Gasteiger partial charge on any atom is -0.393 e. The van der Waals surface area contributed by atoms with Crippen LogP contribution in [0.5, 0.6) is 0 Å². The minimum absolute atomic E-state index is 0.155. The molecule has 0 aliphatic carbocycles. The second-order valence-corrected chi connectivity index (χ2v) is 6.34. The molecular weight excluding hydrogens is 391 g/mol. The van der Waals surface area contributed by atoms with Crippen molar-refractivity contribution in [1.29, 1.82) is 0 Å². The average molecular weight is 408 g/mol. The summed E-state index contributed by atoms with van der Waals surface area (Å²) in [5, 5.41) is 5.56. The molecule has 0 radical (unpaired) electrons. The SMILES string of the molecule is CCc1ccccc1Nc1ncnc(Nc2ccc(Cl)c(C(F)(F)F)c2)c1N. The summed E-state index contributed by atoms with van der Waals surface area (Å²) in [5.74, 6) is 0.533. The summed E-state index contributed by atoms with van der Waals surface area (Å²) < 4.78 is 39.2. The number of anilines is 5. The number of alkyl halides is 3. The summed E-state index contributed by atoms with van der Waals surface area (Å²) >= 11 is 5.65. The zero-order chi connectivity index (χ0) is 20.3. The number of hydrogen-bond acceptors (Lipinski definition) is 5. The molecule has 0 bridgehead atoms. The highest BCUT2D eigenvalue weighted by Gasteiger charge is 2.33. The molecule has 0 aliphatic heterocycles. The number of benzene rings is 2. The molecule has 3 aromatic rings. The lowest BCUT2D eigenvalue weighted by Crippen LogP contribution is -2.08. The highest BCUT2D eigenvalue weighted by atomic mass is 35.5. The third-order valence-electron chi connectivity index (χ3n) is 4.07. The van der Waals surface area contributed by atoms with E-state index in [2.05, 4.69) is 20.6 Å². The van der Waals surface area contributed by atoms with Crippen LogP contribution in [0.4, 0.5) is 41.9 Å². The van der Waals surface area contributed by atoms with Crippen molar-refractivity contribution in [2.75, 3.05) is 16.4 Å². The van der Waals surface area contributed by atoms with Crippen molar-refractivity contribution in [2.24, 2.45) is 0 Å². The Labute approximate surface area is 164 Å². The Bertz CT molecular complexity index is 992. The number of rotatable bonds is 5.